The molecular weight excluding hydrogens is 460 g/mol. The van der Waals surface area contributed by atoms with Crippen LogP contribution >= 0.6 is 0 Å². The highest BCUT2D eigenvalue weighted by atomic mass is 16.6. The fraction of sp³-hybridized carbons (Fsp3) is 0.400. The molecule has 0 radical (unpaired) electrons. The topological polar surface area (TPSA) is 135 Å². The Kier molecular flexibility index (Phi) is 8.06. The Balaban J connectivity index is 2.15. The van der Waals surface area contributed by atoms with Crippen LogP contribution in [0, 0.1) is 0 Å². The van der Waals surface area contributed by atoms with Gasteiger partial charge in [-0.05, 0) is 12.0 Å². The van der Waals surface area contributed by atoms with Gasteiger partial charge in [-0.1, -0.05) is 30.3 Å². The Hall–Kier alpha value is -3.95. The summed E-state index contributed by atoms with van der Waals surface area (Å²) in [4.78, 5) is 60.8. The maximum absolute atomic E-state index is 13.2. The van der Waals surface area contributed by atoms with Crippen molar-refractivity contribution in [1.29, 1.82) is 0 Å². The molecule has 10 heteroatoms. The quantitative estimate of drug-likeness (QED) is 0.424. The second-order valence-corrected chi connectivity index (χ2v) is 8.05. The van der Waals surface area contributed by atoms with Gasteiger partial charge in [0, 0.05) is 40.2 Å². The summed E-state index contributed by atoms with van der Waals surface area (Å²) < 4.78 is 27.4. The number of esters is 4. The van der Waals surface area contributed by atoms with Gasteiger partial charge in [-0.2, -0.15) is 0 Å². The van der Waals surface area contributed by atoms with Crippen LogP contribution < -0.4 is 5.43 Å². The van der Waals surface area contributed by atoms with Crippen LogP contribution in [0.15, 0.2) is 45.6 Å². The molecule has 0 aliphatic heterocycles. The molecular formula is C25H26O10. The predicted octanol–water partition coefficient (Wildman–Crippen LogP) is 2.51. The number of ether oxygens (including phenoxy) is 4. The van der Waals surface area contributed by atoms with Crippen LogP contribution in [0.3, 0.4) is 0 Å². The van der Waals surface area contributed by atoms with Gasteiger partial charge >= 0.3 is 23.9 Å². The molecule has 1 aliphatic carbocycles. The van der Waals surface area contributed by atoms with Gasteiger partial charge in [0.2, 0.25) is 6.10 Å². The largest absolute Gasteiger partial charge is 0.461 e. The first kappa shape index (κ1) is 25.7. The van der Waals surface area contributed by atoms with Crippen molar-refractivity contribution < 1.29 is 42.5 Å². The van der Waals surface area contributed by atoms with Crippen LogP contribution in [0.1, 0.15) is 62.6 Å². The number of aryl methyl sites for hydroxylation is 2. The van der Waals surface area contributed by atoms with Gasteiger partial charge in [-0.3, -0.25) is 24.0 Å². The zero-order valence-electron chi connectivity index (χ0n) is 19.8. The van der Waals surface area contributed by atoms with Crippen LogP contribution in [0.4, 0.5) is 0 Å². The number of hydrogen-bond acceptors (Lipinski definition) is 10. The number of hydrogen-bond donors (Lipinski definition) is 0. The maximum Gasteiger partial charge on any atom is 0.303 e. The van der Waals surface area contributed by atoms with Crippen LogP contribution in [-0.4, -0.2) is 36.1 Å². The van der Waals surface area contributed by atoms with Gasteiger partial charge in [-0.25, -0.2) is 0 Å². The van der Waals surface area contributed by atoms with Gasteiger partial charge in [-0.15, -0.1) is 0 Å². The number of carbonyl (C=O) groups is 4. The highest BCUT2D eigenvalue weighted by Crippen LogP contribution is 2.43. The molecule has 0 N–H and O–H groups in total. The zero-order valence-corrected chi connectivity index (χ0v) is 19.8. The molecule has 0 spiro atoms. The number of fused-ring (bicyclic) bond motifs is 1. The minimum Gasteiger partial charge on any atom is -0.461 e. The normalized spacial score (nSPS) is 20.8. The van der Waals surface area contributed by atoms with E-state index in [-0.39, 0.29) is 17.1 Å². The molecule has 10 nitrogen and oxygen atoms in total. The molecule has 3 rings (SSSR count). The molecule has 1 aromatic heterocycles. The first-order chi connectivity index (χ1) is 16.6. The summed E-state index contributed by atoms with van der Waals surface area (Å²) in [7, 11) is 0. The zero-order chi connectivity index (χ0) is 25.7. The summed E-state index contributed by atoms with van der Waals surface area (Å²) in [6.45, 7) is 4.44. The predicted molar refractivity (Wildman–Crippen MR) is 119 cm³/mol. The highest BCUT2D eigenvalue weighted by molar-refractivity contribution is 5.70. The van der Waals surface area contributed by atoms with E-state index in [4.69, 9.17) is 23.4 Å². The van der Waals surface area contributed by atoms with Crippen LogP contribution in [0.2, 0.25) is 0 Å². The lowest BCUT2D eigenvalue weighted by molar-refractivity contribution is -0.207. The van der Waals surface area contributed by atoms with Gasteiger partial charge < -0.3 is 23.4 Å². The lowest BCUT2D eigenvalue weighted by Crippen LogP contribution is -2.50. The minimum absolute atomic E-state index is 0.142. The Bertz CT molecular complexity index is 1170. The van der Waals surface area contributed by atoms with E-state index >= 15 is 0 Å². The Morgan fingerprint density at radius 2 is 1.26 bits per heavy atom. The molecule has 0 fully saturated rings. The van der Waals surface area contributed by atoms with Crippen molar-refractivity contribution in [2.45, 2.75) is 65.0 Å². The second-order valence-electron chi connectivity index (χ2n) is 8.05. The average Bonchev–Trinajstić information content (AvgIpc) is 2.76. The summed E-state index contributed by atoms with van der Waals surface area (Å²) >= 11 is 0. The van der Waals surface area contributed by atoms with Crippen molar-refractivity contribution in [1.82, 2.24) is 0 Å². The Morgan fingerprint density at radius 1 is 0.743 bits per heavy atom. The van der Waals surface area contributed by atoms with E-state index in [2.05, 4.69) is 0 Å². The SMILES string of the molecule is CC(=O)O[C@H]1[C@H](OC(C)=O)[C@@H](OC(C)=O)c2oc(CCc3ccccc3)cc(=O)c2[C@H]1OC(C)=O. The van der Waals surface area contributed by atoms with E-state index in [1.807, 2.05) is 30.3 Å². The standard InChI is InChI=1S/C25H26O10/c1-13(26)31-21-20-19(30)12-18(11-10-17-8-6-5-7-9-17)35-22(20)24(33-15(3)28)25(34-16(4)29)23(21)32-14(2)27/h5-9,12,21,23-25H,10-11H2,1-4H3/t21-,23-,24+,25+/m1/s1. The minimum atomic E-state index is -1.46. The smallest absolute Gasteiger partial charge is 0.303 e. The molecule has 0 saturated carbocycles. The molecule has 0 unspecified atom stereocenters. The van der Waals surface area contributed by atoms with Crippen LogP contribution in [0.25, 0.3) is 0 Å². The van der Waals surface area contributed by atoms with E-state index in [1.54, 1.807) is 0 Å². The molecule has 2 aromatic rings. The summed E-state index contributed by atoms with van der Waals surface area (Å²) in [6, 6.07) is 10.8. The van der Waals surface area contributed by atoms with Crippen molar-refractivity contribution in [3.05, 3.63) is 69.3 Å². The third-order valence-corrected chi connectivity index (χ3v) is 5.22. The fourth-order valence-electron chi connectivity index (χ4n) is 4.00. The third-order valence-electron chi connectivity index (χ3n) is 5.22. The van der Waals surface area contributed by atoms with E-state index in [0.717, 1.165) is 33.3 Å². The lowest BCUT2D eigenvalue weighted by Gasteiger charge is -2.39. The summed E-state index contributed by atoms with van der Waals surface area (Å²) in [5, 5.41) is 0. The van der Waals surface area contributed by atoms with Crippen molar-refractivity contribution in [3.8, 4) is 0 Å². The fourth-order valence-corrected chi connectivity index (χ4v) is 4.00. The monoisotopic (exact) mass is 486 g/mol. The molecule has 1 aromatic carbocycles. The van der Waals surface area contributed by atoms with E-state index in [1.165, 1.54) is 6.07 Å². The van der Waals surface area contributed by atoms with Gasteiger partial charge in [0.05, 0.1) is 5.56 Å². The summed E-state index contributed by atoms with van der Waals surface area (Å²) in [5.74, 6) is -2.98. The van der Waals surface area contributed by atoms with E-state index in [0.29, 0.717) is 12.8 Å². The van der Waals surface area contributed by atoms with Crippen molar-refractivity contribution >= 4 is 23.9 Å². The maximum atomic E-state index is 13.2. The highest BCUT2D eigenvalue weighted by Gasteiger charge is 2.53. The molecule has 0 saturated heterocycles. The Labute approximate surface area is 201 Å². The van der Waals surface area contributed by atoms with Crippen molar-refractivity contribution in [3.63, 3.8) is 0 Å². The third kappa shape index (κ3) is 6.34. The number of carbonyl (C=O) groups excluding carboxylic acids is 4. The first-order valence-electron chi connectivity index (χ1n) is 11.0. The van der Waals surface area contributed by atoms with Gasteiger partial charge in [0.25, 0.3) is 0 Å². The summed E-state index contributed by atoms with van der Waals surface area (Å²) in [6.07, 6.45) is -4.89. The molecule has 186 valence electrons. The number of benzene rings is 1. The average molecular weight is 486 g/mol. The van der Waals surface area contributed by atoms with Crippen molar-refractivity contribution in [2.75, 3.05) is 0 Å². The molecule has 0 bridgehead atoms. The van der Waals surface area contributed by atoms with Gasteiger partial charge in [0.1, 0.15) is 5.76 Å². The molecule has 0 amide bonds. The summed E-state index contributed by atoms with van der Waals surface area (Å²) in [5.41, 5.74) is 0.274. The van der Waals surface area contributed by atoms with Gasteiger partial charge in [0.15, 0.2) is 29.5 Å². The molecule has 1 aliphatic rings. The lowest BCUT2D eigenvalue weighted by atomic mass is 9.86. The molecule has 35 heavy (non-hydrogen) atoms. The second kappa shape index (κ2) is 11.0. The first-order valence-corrected chi connectivity index (χ1v) is 11.0. The van der Waals surface area contributed by atoms with Crippen molar-refractivity contribution in [2.24, 2.45) is 0 Å². The van der Waals surface area contributed by atoms with Crippen LogP contribution in [-0.2, 0) is 51.0 Å². The van der Waals surface area contributed by atoms with E-state index < -0.39 is 53.7 Å². The Morgan fingerprint density at radius 3 is 1.80 bits per heavy atom. The van der Waals surface area contributed by atoms with Crippen LogP contribution in [0.5, 0.6) is 0 Å². The molecule has 1 heterocycles. The molecule has 4 atom stereocenters. The van der Waals surface area contributed by atoms with E-state index in [9.17, 15) is 24.0 Å². The number of rotatable bonds is 7.